The Morgan fingerprint density at radius 3 is 2.36 bits per heavy atom. The molecule has 7 nitrogen and oxygen atoms in total. The van der Waals surface area contributed by atoms with Gasteiger partial charge in [0, 0.05) is 28.8 Å². The zero-order chi connectivity index (χ0) is 25.8. The monoisotopic (exact) mass is 570 g/mol. The van der Waals surface area contributed by atoms with Crippen molar-refractivity contribution in [3.05, 3.63) is 81.3 Å². The van der Waals surface area contributed by atoms with Gasteiger partial charge in [0.2, 0.25) is 5.91 Å². The van der Waals surface area contributed by atoms with Gasteiger partial charge in [-0.2, -0.15) is 0 Å². The third kappa shape index (κ3) is 6.25. The lowest BCUT2D eigenvalue weighted by Gasteiger charge is -2.17. The van der Waals surface area contributed by atoms with E-state index in [1.165, 1.54) is 4.90 Å². The molecule has 0 unspecified atom stereocenters. The molecule has 2 amide bonds. The molecule has 1 atom stereocenters. The number of hydrogen-bond donors (Lipinski definition) is 1. The standard InChI is InChI=1S/C27H24BrClN2O5/c1-16-3-7-20(8-4-16)36-21-9-5-19(6-10-21)31-14-18(12-26(31)33)27(34)35-15-25(32)30-24-13-23(29)22(28)11-17(24)2/h3-11,13,18H,12,14-15H2,1-2H3,(H,30,32)/t18-/m0/s1. The number of carbonyl (C=O) groups is 3. The molecule has 4 rings (SSSR count). The van der Waals surface area contributed by atoms with Crippen LogP contribution in [0.1, 0.15) is 17.5 Å². The molecule has 9 heteroatoms. The number of ether oxygens (including phenoxy) is 2. The molecule has 0 aromatic heterocycles. The van der Waals surface area contributed by atoms with Gasteiger partial charge in [-0.15, -0.1) is 0 Å². The second-order valence-corrected chi connectivity index (χ2v) is 9.81. The highest BCUT2D eigenvalue weighted by Crippen LogP contribution is 2.30. The number of rotatable bonds is 7. The number of hydrogen-bond acceptors (Lipinski definition) is 5. The first-order valence-corrected chi connectivity index (χ1v) is 12.4. The molecule has 0 radical (unpaired) electrons. The van der Waals surface area contributed by atoms with Crippen LogP contribution >= 0.6 is 27.5 Å². The van der Waals surface area contributed by atoms with E-state index in [1.54, 1.807) is 36.4 Å². The predicted octanol–water partition coefficient (Wildman–Crippen LogP) is 6.05. The van der Waals surface area contributed by atoms with Gasteiger partial charge in [-0.3, -0.25) is 14.4 Å². The highest BCUT2D eigenvalue weighted by atomic mass is 79.9. The summed E-state index contributed by atoms with van der Waals surface area (Å²) in [5.41, 5.74) is 3.13. The fourth-order valence-corrected chi connectivity index (χ4v) is 4.39. The summed E-state index contributed by atoms with van der Waals surface area (Å²) in [5, 5.41) is 3.13. The molecule has 1 N–H and O–H groups in total. The second-order valence-electron chi connectivity index (χ2n) is 8.55. The zero-order valence-electron chi connectivity index (χ0n) is 19.7. The Labute approximate surface area is 222 Å². The van der Waals surface area contributed by atoms with E-state index < -0.39 is 24.4 Å². The molecule has 0 spiro atoms. The summed E-state index contributed by atoms with van der Waals surface area (Å²) in [5.74, 6) is -0.568. The van der Waals surface area contributed by atoms with Crippen molar-refractivity contribution in [3.8, 4) is 11.5 Å². The number of anilines is 2. The molecule has 186 valence electrons. The topological polar surface area (TPSA) is 84.9 Å². The summed E-state index contributed by atoms with van der Waals surface area (Å²) < 4.78 is 11.7. The Hall–Kier alpha value is -3.36. The maximum Gasteiger partial charge on any atom is 0.311 e. The molecule has 36 heavy (non-hydrogen) atoms. The first-order valence-electron chi connectivity index (χ1n) is 11.3. The molecule has 3 aromatic rings. The number of amides is 2. The lowest BCUT2D eigenvalue weighted by Crippen LogP contribution is -2.28. The van der Waals surface area contributed by atoms with Crippen LogP contribution in [0.4, 0.5) is 11.4 Å². The van der Waals surface area contributed by atoms with Crippen molar-refractivity contribution in [2.24, 2.45) is 5.92 Å². The number of halogens is 2. The Balaban J connectivity index is 1.30. The maximum absolute atomic E-state index is 12.6. The third-order valence-corrected chi connectivity index (χ3v) is 6.95. The average molecular weight is 572 g/mol. The number of esters is 1. The summed E-state index contributed by atoms with van der Waals surface area (Å²) in [6.07, 6.45) is 0.0174. The van der Waals surface area contributed by atoms with Crippen molar-refractivity contribution >= 4 is 56.7 Å². The summed E-state index contributed by atoms with van der Waals surface area (Å²) >= 11 is 9.41. The smallest absolute Gasteiger partial charge is 0.311 e. The molecule has 1 fully saturated rings. The van der Waals surface area contributed by atoms with E-state index >= 15 is 0 Å². The third-order valence-electron chi connectivity index (χ3n) is 5.75. The minimum Gasteiger partial charge on any atom is -0.457 e. The van der Waals surface area contributed by atoms with Gasteiger partial charge in [-0.05, 0) is 83.9 Å². The maximum atomic E-state index is 12.6. The van der Waals surface area contributed by atoms with Crippen molar-refractivity contribution in [2.45, 2.75) is 20.3 Å². The molecular weight excluding hydrogens is 548 g/mol. The molecular formula is C27H24BrClN2O5. The summed E-state index contributed by atoms with van der Waals surface area (Å²) in [7, 11) is 0. The van der Waals surface area contributed by atoms with E-state index in [0.717, 1.165) is 21.3 Å². The van der Waals surface area contributed by atoms with Gasteiger partial charge < -0.3 is 19.7 Å². The van der Waals surface area contributed by atoms with Crippen LogP contribution in [0.15, 0.2) is 65.1 Å². The molecule has 1 aliphatic rings. The van der Waals surface area contributed by atoms with Crippen LogP contribution in [0.5, 0.6) is 11.5 Å². The summed E-state index contributed by atoms with van der Waals surface area (Å²) in [6, 6.07) is 18.2. The normalized spacial score (nSPS) is 15.1. The Morgan fingerprint density at radius 2 is 1.69 bits per heavy atom. The first-order chi connectivity index (χ1) is 17.2. The van der Waals surface area contributed by atoms with E-state index in [2.05, 4.69) is 21.2 Å². The van der Waals surface area contributed by atoms with E-state index in [-0.39, 0.29) is 18.9 Å². The molecule has 0 aliphatic carbocycles. The molecule has 0 saturated carbocycles. The van der Waals surface area contributed by atoms with Crippen LogP contribution < -0.4 is 15.0 Å². The molecule has 3 aromatic carbocycles. The lowest BCUT2D eigenvalue weighted by atomic mass is 10.1. The van der Waals surface area contributed by atoms with Crippen LogP contribution in [0.3, 0.4) is 0 Å². The minimum atomic E-state index is -0.655. The molecule has 0 bridgehead atoms. The second kappa shape index (κ2) is 11.1. The van der Waals surface area contributed by atoms with Crippen molar-refractivity contribution in [1.82, 2.24) is 0 Å². The Morgan fingerprint density at radius 1 is 1.06 bits per heavy atom. The zero-order valence-corrected chi connectivity index (χ0v) is 22.1. The first kappa shape index (κ1) is 25.7. The van der Waals surface area contributed by atoms with E-state index in [0.29, 0.717) is 22.1 Å². The number of carbonyl (C=O) groups excluding carboxylic acids is 3. The Bertz CT molecular complexity index is 1290. The summed E-state index contributed by atoms with van der Waals surface area (Å²) in [6.45, 7) is 3.55. The van der Waals surface area contributed by atoms with Gasteiger partial charge in [-0.1, -0.05) is 29.3 Å². The van der Waals surface area contributed by atoms with Crippen molar-refractivity contribution in [3.63, 3.8) is 0 Å². The van der Waals surface area contributed by atoms with E-state index in [1.807, 2.05) is 38.1 Å². The van der Waals surface area contributed by atoms with Gasteiger partial charge in [-0.25, -0.2) is 0 Å². The Kier molecular flexibility index (Phi) is 7.96. The molecule has 1 aliphatic heterocycles. The SMILES string of the molecule is Cc1ccc(Oc2ccc(N3C[C@@H](C(=O)OCC(=O)Nc4cc(Cl)c(Br)cc4C)CC3=O)cc2)cc1. The summed E-state index contributed by atoms with van der Waals surface area (Å²) in [4.78, 5) is 38.9. The van der Waals surface area contributed by atoms with Gasteiger partial charge in [0.05, 0.1) is 10.9 Å². The largest absolute Gasteiger partial charge is 0.457 e. The number of nitrogens with one attached hydrogen (secondary N) is 1. The van der Waals surface area contributed by atoms with Crippen LogP contribution in [0.25, 0.3) is 0 Å². The fraction of sp³-hybridized carbons (Fsp3) is 0.222. The number of benzene rings is 3. The van der Waals surface area contributed by atoms with Crippen LogP contribution in [-0.2, 0) is 19.1 Å². The number of nitrogens with zero attached hydrogens (tertiary/aromatic N) is 1. The average Bonchev–Trinajstić information content (AvgIpc) is 3.24. The van der Waals surface area contributed by atoms with Crippen molar-refractivity contribution in [1.29, 1.82) is 0 Å². The molecule has 1 saturated heterocycles. The van der Waals surface area contributed by atoms with E-state index in [4.69, 9.17) is 21.1 Å². The fourth-order valence-electron chi connectivity index (χ4n) is 3.77. The number of aryl methyl sites for hydroxylation is 2. The van der Waals surface area contributed by atoms with Crippen molar-refractivity contribution in [2.75, 3.05) is 23.4 Å². The van der Waals surface area contributed by atoms with Gasteiger partial charge in [0.1, 0.15) is 11.5 Å². The highest BCUT2D eigenvalue weighted by Gasteiger charge is 2.36. The lowest BCUT2D eigenvalue weighted by molar-refractivity contribution is -0.151. The van der Waals surface area contributed by atoms with Crippen LogP contribution in [0.2, 0.25) is 5.02 Å². The van der Waals surface area contributed by atoms with Gasteiger partial charge >= 0.3 is 5.97 Å². The highest BCUT2D eigenvalue weighted by molar-refractivity contribution is 9.10. The van der Waals surface area contributed by atoms with Gasteiger partial charge in [0.15, 0.2) is 6.61 Å². The quantitative estimate of drug-likeness (QED) is 0.349. The minimum absolute atomic E-state index is 0.0174. The predicted molar refractivity (Wildman–Crippen MR) is 142 cm³/mol. The van der Waals surface area contributed by atoms with Crippen LogP contribution in [-0.4, -0.2) is 30.9 Å². The van der Waals surface area contributed by atoms with Crippen molar-refractivity contribution < 1.29 is 23.9 Å². The van der Waals surface area contributed by atoms with E-state index in [9.17, 15) is 14.4 Å². The molecule has 1 heterocycles. The van der Waals surface area contributed by atoms with Crippen LogP contribution in [0, 0.1) is 19.8 Å². The van der Waals surface area contributed by atoms with Gasteiger partial charge in [0.25, 0.3) is 5.91 Å².